The Morgan fingerprint density at radius 3 is 2.09 bits per heavy atom. The third-order valence-electron chi connectivity index (χ3n) is 4.84. The van der Waals surface area contributed by atoms with Crippen molar-refractivity contribution in [2.75, 3.05) is 6.54 Å². The second kappa shape index (κ2) is 11.3. The summed E-state index contributed by atoms with van der Waals surface area (Å²) in [6, 6.07) is 23.6. The Morgan fingerprint density at radius 1 is 0.879 bits per heavy atom. The van der Waals surface area contributed by atoms with Gasteiger partial charge in [-0.2, -0.15) is 8.42 Å². The fourth-order valence-electron chi connectivity index (χ4n) is 3.13. The Hall–Kier alpha value is -3.65. The molecule has 8 heteroatoms. The molecule has 0 fully saturated rings. The summed E-state index contributed by atoms with van der Waals surface area (Å²) in [4.78, 5) is 23.9. The molecule has 0 saturated carbocycles. The van der Waals surface area contributed by atoms with Gasteiger partial charge < -0.3 is 14.2 Å². The molecule has 0 aromatic heterocycles. The van der Waals surface area contributed by atoms with Gasteiger partial charge in [0.15, 0.2) is 0 Å². The number of amides is 1. The predicted octanol–water partition coefficient (Wildman–Crippen LogP) is 3.81. The van der Waals surface area contributed by atoms with Crippen LogP contribution in [0.4, 0.5) is 0 Å². The van der Waals surface area contributed by atoms with Crippen LogP contribution in [-0.2, 0) is 31.1 Å². The van der Waals surface area contributed by atoms with E-state index in [1.54, 1.807) is 30.3 Å². The zero-order valence-corrected chi connectivity index (χ0v) is 19.0. The van der Waals surface area contributed by atoms with Crippen molar-refractivity contribution in [2.24, 2.45) is 0 Å². The van der Waals surface area contributed by atoms with Crippen molar-refractivity contribution in [2.45, 2.75) is 30.8 Å². The molecule has 172 valence electrons. The number of hydrogen-bond donors (Lipinski definition) is 1. The van der Waals surface area contributed by atoms with Crippen LogP contribution in [0, 0.1) is 0 Å². The monoisotopic (exact) mass is 467 g/mol. The third kappa shape index (κ3) is 7.47. The lowest BCUT2D eigenvalue weighted by molar-refractivity contribution is -0.145. The van der Waals surface area contributed by atoms with Crippen LogP contribution in [0.25, 0.3) is 0 Å². The van der Waals surface area contributed by atoms with Gasteiger partial charge in [-0.25, -0.2) is 0 Å². The highest BCUT2D eigenvalue weighted by atomic mass is 32.2. The minimum Gasteiger partial charge on any atom is -0.461 e. The fraction of sp³-hybridized carbons (Fsp3) is 0.200. The van der Waals surface area contributed by atoms with Crippen LogP contribution in [-0.4, -0.2) is 26.8 Å². The quantitative estimate of drug-likeness (QED) is 0.360. The lowest BCUT2D eigenvalue weighted by Crippen LogP contribution is -2.27. The number of nitrogens with one attached hydrogen (secondary N) is 1. The van der Waals surface area contributed by atoms with E-state index in [0.29, 0.717) is 0 Å². The first-order valence-corrected chi connectivity index (χ1v) is 11.8. The summed E-state index contributed by atoms with van der Waals surface area (Å²) in [6.07, 6.45) is 0.0512. The lowest BCUT2D eigenvalue weighted by atomic mass is 9.95. The van der Waals surface area contributed by atoms with Crippen molar-refractivity contribution in [1.82, 2.24) is 5.32 Å². The molecule has 0 aliphatic carbocycles. The van der Waals surface area contributed by atoms with Crippen molar-refractivity contribution in [3.63, 3.8) is 0 Å². The lowest BCUT2D eigenvalue weighted by Gasteiger charge is -2.18. The van der Waals surface area contributed by atoms with Gasteiger partial charge in [-0.3, -0.25) is 9.59 Å². The van der Waals surface area contributed by atoms with E-state index in [0.717, 1.165) is 11.1 Å². The summed E-state index contributed by atoms with van der Waals surface area (Å²) in [6.45, 7) is 1.80. The molecule has 0 bridgehead atoms. The molecule has 1 atom stereocenters. The third-order valence-corrected chi connectivity index (χ3v) is 6.10. The highest BCUT2D eigenvalue weighted by Crippen LogP contribution is 2.25. The van der Waals surface area contributed by atoms with Crippen LogP contribution in [0.5, 0.6) is 5.75 Å². The van der Waals surface area contributed by atoms with E-state index in [1.807, 2.05) is 30.3 Å². The second-order valence-electron chi connectivity index (χ2n) is 7.40. The average Bonchev–Trinajstić information content (AvgIpc) is 2.82. The second-order valence-corrected chi connectivity index (χ2v) is 8.95. The molecule has 3 rings (SSSR count). The van der Waals surface area contributed by atoms with Crippen molar-refractivity contribution < 1.29 is 26.9 Å². The number of esters is 1. The molecule has 0 aliphatic heterocycles. The van der Waals surface area contributed by atoms with Crippen LogP contribution in [0.2, 0.25) is 0 Å². The molecule has 0 radical (unpaired) electrons. The van der Waals surface area contributed by atoms with E-state index in [9.17, 15) is 18.0 Å². The van der Waals surface area contributed by atoms with Crippen molar-refractivity contribution in [1.29, 1.82) is 0 Å². The Balaban J connectivity index is 1.67. The normalized spacial score (nSPS) is 11.9. The summed E-state index contributed by atoms with van der Waals surface area (Å²) in [5.74, 6) is -0.822. The van der Waals surface area contributed by atoms with Crippen molar-refractivity contribution >= 4 is 22.0 Å². The molecule has 3 aromatic carbocycles. The van der Waals surface area contributed by atoms with Crippen molar-refractivity contribution in [3.8, 4) is 5.75 Å². The maximum absolute atomic E-state index is 12.4. The topological polar surface area (TPSA) is 98.8 Å². The Bertz CT molecular complexity index is 1160. The standard InChI is InChI=1S/C25H25NO6S/c1-19(27)26-17-22(16-25(28)31-18-20-8-4-2-5-9-20)21-12-14-23(15-13-21)32-33(29,30)24-10-6-3-7-11-24/h2-15,22H,16-18H2,1H3,(H,26,27). The maximum Gasteiger partial charge on any atom is 0.339 e. The summed E-state index contributed by atoms with van der Waals surface area (Å²) in [7, 11) is -3.95. The first-order chi connectivity index (χ1) is 15.8. The predicted molar refractivity (Wildman–Crippen MR) is 123 cm³/mol. The van der Waals surface area contributed by atoms with E-state index in [1.165, 1.54) is 31.2 Å². The van der Waals surface area contributed by atoms with Gasteiger partial charge in [-0.05, 0) is 35.4 Å². The SMILES string of the molecule is CC(=O)NCC(CC(=O)OCc1ccccc1)c1ccc(OS(=O)(=O)c2ccccc2)cc1. The van der Waals surface area contributed by atoms with Gasteiger partial charge in [0, 0.05) is 19.4 Å². The van der Waals surface area contributed by atoms with Crippen molar-refractivity contribution in [3.05, 3.63) is 96.1 Å². The number of hydrogen-bond acceptors (Lipinski definition) is 6. The molecule has 0 spiro atoms. The van der Waals surface area contributed by atoms with Crippen LogP contribution in [0.3, 0.4) is 0 Å². The average molecular weight is 468 g/mol. The summed E-state index contributed by atoms with van der Waals surface area (Å²) >= 11 is 0. The molecule has 3 aromatic rings. The number of benzene rings is 3. The smallest absolute Gasteiger partial charge is 0.339 e. The Kier molecular flexibility index (Phi) is 8.21. The molecule has 33 heavy (non-hydrogen) atoms. The highest BCUT2D eigenvalue weighted by molar-refractivity contribution is 7.87. The van der Waals surface area contributed by atoms with Gasteiger partial charge in [0.25, 0.3) is 0 Å². The van der Waals surface area contributed by atoms with Gasteiger partial charge in [-0.1, -0.05) is 60.7 Å². The van der Waals surface area contributed by atoms with Gasteiger partial charge in [0.1, 0.15) is 17.3 Å². The van der Waals surface area contributed by atoms with Crippen LogP contribution < -0.4 is 9.50 Å². The number of carbonyl (C=O) groups excluding carboxylic acids is 2. The van der Waals surface area contributed by atoms with E-state index in [2.05, 4.69) is 5.32 Å². The zero-order chi connectivity index (χ0) is 23.7. The molecular weight excluding hydrogens is 442 g/mol. The van der Waals surface area contributed by atoms with Gasteiger partial charge >= 0.3 is 16.1 Å². The Labute approximate surface area is 193 Å². The van der Waals surface area contributed by atoms with Crippen LogP contribution >= 0.6 is 0 Å². The van der Waals surface area contributed by atoms with E-state index < -0.39 is 16.1 Å². The maximum atomic E-state index is 12.4. The van der Waals surface area contributed by atoms with E-state index in [-0.39, 0.29) is 42.0 Å². The van der Waals surface area contributed by atoms with Gasteiger partial charge in [0.05, 0.1) is 6.42 Å². The van der Waals surface area contributed by atoms with Gasteiger partial charge in [0.2, 0.25) is 5.91 Å². The molecule has 1 unspecified atom stereocenters. The molecular formula is C25H25NO6S. The van der Waals surface area contributed by atoms with E-state index >= 15 is 0 Å². The highest BCUT2D eigenvalue weighted by Gasteiger charge is 2.20. The van der Waals surface area contributed by atoms with Gasteiger partial charge in [-0.15, -0.1) is 0 Å². The summed E-state index contributed by atoms with van der Waals surface area (Å²) in [5, 5.41) is 2.72. The number of carbonyl (C=O) groups is 2. The van der Waals surface area contributed by atoms with Crippen LogP contribution in [0.1, 0.15) is 30.4 Å². The molecule has 0 heterocycles. The van der Waals surface area contributed by atoms with Crippen LogP contribution in [0.15, 0.2) is 89.8 Å². The fourth-order valence-corrected chi connectivity index (χ4v) is 4.08. The Morgan fingerprint density at radius 2 is 1.48 bits per heavy atom. The molecule has 0 saturated heterocycles. The number of rotatable bonds is 10. The van der Waals surface area contributed by atoms with E-state index in [4.69, 9.17) is 8.92 Å². The molecule has 0 aliphatic rings. The molecule has 1 amide bonds. The molecule has 7 nitrogen and oxygen atoms in total. The summed E-state index contributed by atoms with van der Waals surface area (Å²) in [5.41, 5.74) is 1.62. The summed E-state index contributed by atoms with van der Waals surface area (Å²) < 4.78 is 35.4. The molecule has 1 N–H and O–H groups in total. The minimum atomic E-state index is -3.95. The minimum absolute atomic E-state index is 0.0512. The first kappa shape index (κ1) is 24.0. The first-order valence-electron chi connectivity index (χ1n) is 10.4. The number of ether oxygens (including phenoxy) is 1. The largest absolute Gasteiger partial charge is 0.461 e. The zero-order valence-electron chi connectivity index (χ0n) is 18.1.